The van der Waals surface area contributed by atoms with E-state index in [0.29, 0.717) is 12.5 Å². The van der Waals surface area contributed by atoms with Gasteiger partial charge >= 0.3 is 5.97 Å². The molecular formula is C13H25NO3. The number of carboxylic acid groups (broad SMARTS) is 1. The molecule has 0 aliphatic carbocycles. The van der Waals surface area contributed by atoms with Crippen LogP contribution in [0.5, 0.6) is 0 Å². The number of hydrogen-bond donors (Lipinski definition) is 1. The molecule has 1 fully saturated rings. The Morgan fingerprint density at radius 3 is 3.00 bits per heavy atom. The van der Waals surface area contributed by atoms with E-state index in [2.05, 4.69) is 4.90 Å². The normalized spacial score (nSPS) is 21.6. The van der Waals surface area contributed by atoms with Crippen molar-refractivity contribution < 1.29 is 14.6 Å². The van der Waals surface area contributed by atoms with Gasteiger partial charge in [0.25, 0.3) is 0 Å². The highest BCUT2D eigenvalue weighted by Crippen LogP contribution is 2.20. The van der Waals surface area contributed by atoms with Crippen LogP contribution in [0.4, 0.5) is 0 Å². The number of ether oxygens (including phenoxy) is 1. The van der Waals surface area contributed by atoms with Crippen molar-refractivity contribution in [2.75, 3.05) is 26.3 Å². The minimum atomic E-state index is -0.676. The van der Waals surface area contributed by atoms with Crippen LogP contribution in [-0.4, -0.2) is 48.3 Å². The first-order valence-corrected chi connectivity index (χ1v) is 6.77. The number of likely N-dealkylation sites (tertiary alicyclic amines) is 1. The molecule has 17 heavy (non-hydrogen) atoms. The van der Waals surface area contributed by atoms with Crippen LogP contribution >= 0.6 is 0 Å². The third-order valence-electron chi connectivity index (χ3n) is 3.38. The Morgan fingerprint density at radius 2 is 2.29 bits per heavy atom. The molecule has 0 aromatic rings. The zero-order valence-electron chi connectivity index (χ0n) is 10.9. The number of carbonyl (C=O) groups is 1. The first kappa shape index (κ1) is 14.5. The molecule has 1 heterocycles. The lowest BCUT2D eigenvalue weighted by Gasteiger charge is -2.35. The average Bonchev–Trinajstić information content (AvgIpc) is 2.33. The van der Waals surface area contributed by atoms with Gasteiger partial charge in [-0.15, -0.1) is 0 Å². The van der Waals surface area contributed by atoms with E-state index in [1.807, 2.05) is 6.92 Å². The molecule has 0 amide bonds. The van der Waals surface area contributed by atoms with Crippen molar-refractivity contribution in [2.24, 2.45) is 0 Å². The summed E-state index contributed by atoms with van der Waals surface area (Å²) in [5.41, 5.74) is 0. The van der Waals surface area contributed by atoms with E-state index in [1.165, 1.54) is 12.8 Å². The van der Waals surface area contributed by atoms with Crippen LogP contribution < -0.4 is 0 Å². The fourth-order valence-electron chi connectivity index (χ4n) is 2.49. The summed E-state index contributed by atoms with van der Waals surface area (Å²) in [5, 5.41) is 8.74. The summed E-state index contributed by atoms with van der Waals surface area (Å²) in [6.07, 6.45) is 5.79. The van der Waals surface area contributed by atoms with Crippen LogP contribution in [-0.2, 0) is 9.53 Å². The van der Waals surface area contributed by atoms with Crippen LogP contribution in [0.15, 0.2) is 0 Å². The van der Waals surface area contributed by atoms with E-state index in [-0.39, 0.29) is 0 Å². The minimum Gasteiger partial charge on any atom is -0.481 e. The lowest BCUT2D eigenvalue weighted by molar-refractivity contribution is -0.137. The maximum Gasteiger partial charge on any atom is 0.303 e. The zero-order chi connectivity index (χ0) is 12.5. The molecule has 1 unspecified atom stereocenters. The van der Waals surface area contributed by atoms with Gasteiger partial charge in [0.1, 0.15) is 0 Å². The highest BCUT2D eigenvalue weighted by Gasteiger charge is 2.22. The van der Waals surface area contributed by atoms with Gasteiger partial charge in [0.05, 0.1) is 0 Å². The fourth-order valence-corrected chi connectivity index (χ4v) is 2.49. The SMILES string of the molecule is CCOCCCN1CCCCC1CCC(=O)O. The zero-order valence-corrected chi connectivity index (χ0v) is 10.9. The summed E-state index contributed by atoms with van der Waals surface area (Å²) < 4.78 is 5.34. The van der Waals surface area contributed by atoms with Crippen LogP contribution in [0.2, 0.25) is 0 Å². The molecule has 0 radical (unpaired) electrons. The quantitative estimate of drug-likeness (QED) is 0.663. The van der Waals surface area contributed by atoms with Gasteiger partial charge in [0.15, 0.2) is 0 Å². The highest BCUT2D eigenvalue weighted by atomic mass is 16.5. The van der Waals surface area contributed by atoms with E-state index in [1.54, 1.807) is 0 Å². The molecule has 1 N–H and O–H groups in total. The molecular weight excluding hydrogens is 218 g/mol. The Morgan fingerprint density at radius 1 is 1.47 bits per heavy atom. The average molecular weight is 243 g/mol. The summed E-state index contributed by atoms with van der Waals surface area (Å²) in [6.45, 7) is 5.78. The van der Waals surface area contributed by atoms with Gasteiger partial charge < -0.3 is 14.7 Å². The Hall–Kier alpha value is -0.610. The van der Waals surface area contributed by atoms with Crippen LogP contribution in [0, 0.1) is 0 Å². The van der Waals surface area contributed by atoms with Crippen molar-refractivity contribution in [2.45, 2.75) is 51.5 Å². The maximum atomic E-state index is 10.6. The monoisotopic (exact) mass is 243 g/mol. The number of nitrogens with zero attached hydrogens (tertiary/aromatic N) is 1. The lowest BCUT2D eigenvalue weighted by atomic mass is 9.98. The number of rotatable bonds is 8. The van der Waals surface area contributed by atoms with E-state index in [9.17, 15) is 4.79 Å². The van der Waals surface area contributed by atoms with Gasteiger partial charge in [-0.05, 0) is 39.2 Å². The molecule has 1 rings (SSSR count). The molecule has 100 valence electrons. The topological polar surface area (TPSA) is 49.8 Å². The minimum absolute atomic E-state index is 0.298. The first-order valence-electron chi connectivity index (χ1n) is 6.77. The third-order valence-corrected chi connectivity index (χ3v) is 3.38. The second-order valence-corrected chi connectivity index (χ2v) is 4.67. The van der Waals surface area contributed by atoms with Gasteiger partial charge in [0.2, 0.25) is 0 Å². The molecule has 0 saturated carbocycles. The second-order valence-electron chi connectivity index (χ2n) is 4.67. The predicted molar refractivity (Wildman–Crippen MR) is 67.2 cm³/mol. The van der Waals surface area contributed by atoms with Crippen LogP contribution in [0.3, 0.4) is 0 Å². The standard InChI is InChI=1S/C13H25NO3/c1-2-17-11-5-10-14-9-4-3-6-12(14)7-8-13(15)16/h12H,2-11H2,1H3,(H,15,16). The summed E-state index contributed by atoms with van der Waals surface area (Å²) in [6, 6.07) is 0.474. The third kappa shape index (κ3) is 6.03. The first-order chi connectivity index (χ1) is 8.24. The maximum absolute atomic E-state index is 10.6. The molecule has 1 aliphatic rings. The summed E-state index contributed by atoms with van der Waals surface area (Å²) >= 11 is 0. The molecule has 1 saturated heterocycles. The molecule has 0 aromatic carbocycles. The van der Waals surface area contributed by atoms with E-state index in [4.69, 9.17) is 9.84 Å². The van der Waals surface area contributed by atoms with Gasteiger partial charge in [-0.2, -0.15) is 0 Å². The molecule has 1 aliphatic heterocycles. The summed E-state index contributed by atoms with van der Waals surface area (Å²) in [4.78, 5) is 13.1. The van der Waals surface area contributed by atoms with Crippen molar-refractivity contribution in [3.63, 3.8) is 0 Å². The number of aliphatic carboxylic acids is 1. The lowest BCUT2D eigenvalue weighted by Crippen LogP contribution is -2.40. The molecule has 1 atom stereocenters. The van der Waals surface area contributed by atoms with Crippen molar-refractivity contribution in [3.8, 4) is 0 Å². The molecule has 0 spiro atoms. The van der Waals surface area contributed by atoms with Crippen LogP contribution in [0.1, 0.15) is 45.4 Å². The fraction of sp³-hybridized carbons (Fsp3) is 0.923. The molecule has 0 bridgehead atoms. The highest BCUT2D eigenvalue weighted by molar-refractivity contribution is 5.66. The van der Waals surface area contributed by atoms with E-state index >= 15 is 0 Å². The number of piperidine rings is 1. The molecule has 0 aromatic heterocycles. The van der Waals surface area contributed by atoms with Crippen molar-refractivity contribution >= 4 is 5.97 Å². The molecule has 4 heteroatoms. The van der Waals surface area contributed by atoms with Crippen LogP contribution in [0.25, 0.3) is 0 Å². The Balaban J connectivity index is 2.24. The summed E-state index contributed by atoms with van der Waals surface area (Å²) in [7, 11) is 0. The summed E-state index contributed by atoms with van der Waals surface area (Å²) in [5.74, 6) is -0.676. The predicted octanol–water partition coefficient (Wildman–Crippen LogP) is 2.13. The Labute approximate surface area is 104 Å². The van der Waals surface area contributed by atoms with Gasteiger partial charge in [0, 0.05) is 32.2 Å². The van der Waals surface area contributed by atoms with E-state index < -0.39 is 5.97 Å². The Bertz CT molecular complexity index is 221. The van der Waals surface area contributed by atoms with E-state index in [0.717, 1.165) is 45.6 Å². The Kier molecular flexibility index (Phi) is 7.21. The van der Waals surface area contributed by atoms with Crippen molar-refractivity contribution in [1.82, 2.24) is 4.90 Å². The largest absolute Gasteiger partial charge is 0.481 e. The van der Waals surface area contributed by atoms with Crippen molar-refractivity contribution in [1.29, 1.82) is 0 Å². The smallest absolute Gasteiger partial charge is 0.303 e. The number of carboxylic acids is 1. The van der Waals surface area contributed by atoms with Gasteiger partial charge in [-0.1, -0.05) is 6.42 Å². The molecule has 4 nitrogen and oxygen atoms in total. The van der Waals surface area contributed by atoms with Gasteiger partial charge in [-0.25, -0.2) is 0 Å². The second kappa shape index (κ2) is 8.48. The number of hydrogen-bond acceptors (Lipinski definition) is 3. The van der Waals surface area contributed by atoms with Gasteiger partial charge in [-0.3, -0.25) is 4.79 Å². The van der Waals surface area contributed by atoms with Crippen molar-refractivity contribution in [3.05, 3.63) is 0 Å².